The van der Waals surface area contributed by atoms with E-state index in [0.29, 0.717) is 23.4 Å². The second kappa shape index (κ2) is 6.61. The minimum atomic E-state index is -0.738. The fourth-order valence-corrected chi connectivity index (χ4v) is 3.15. The Morgan fingerprint density at radius 3 is 2.71 bits per heavy atom. The fraction of sp³-hybridized carbons (Fsp3) is 0.222. The molecule has 2 aromatic rings. The summed E-state index contributed by atoms with van der Waals surface area (Å²) in [6, 6.07) is 9.25. The van der Waals surface area contributed by atoms with Crippen LogP contribution in [0.1, 0.15) is 44.3 Å². The Morgan fingerprint density at radius 1 is 1.25 bits per heavy atom. The second-order valence-electron chi connectivity index (χ2n) is 5.57. The monoisotopic (exact) mass is 347 g/mol. The van der Waals surface area contributed by atoms with Gasteiger partial charge in [0, 0.05) is 0 Å². The van der Waals surface area contributed by atoms with Crippen LogP contribution in [0.5, 0.6) is 0 Å². The van der Waals surface area contributed by atoms with Gasteiger partial charge in [-0.2, -0.15) is 0 Å². The standard InChI is InChI=1S/C18H15ClFNO3/c1-24-18(23)13-9-12-10(8-15(13)20)6-7-16(12)21-17(22)11-4-2-3-5-14(11)19/h2-5,8-9,16H,6-7H2,1H3,(H,21,22)/t16-/m1/s1. The number of halogens is 2. The summed E-state index contributed by atoms with van der Waals surface area (Å²) in [4.78, 5) is 24.1. The Kier molecular flexibility index (Phi) is 4.53. The topological polar surface area (TPSA) is 55.4 Å². The maximum Gasteiger partial charge on any atom is 0.340 e. The van der Waals surface area contributed by atoms with E-state index in [1.807, 2.05) is 0 Å². The molecule has 6 heteroatoms. The van der Waals surface area contributed by atoms with E-state index in [0.717, 1.165) is 11.1 Å². The second-order valence-corrected chi connectivity index (χ2v) is 5.97. The molecule has 1 aliphatic carbocycles. The molecule has 1 N–H and O–H groups in total. The first-order valence-corrected chi connectivity index (χ1v) is 7.85. The number of esters is 1. The molecule has 0 saturated heterocycles. The summed E-state index contributed by atoms with van der Waals surface area (Å²) < 4.78 is 18.6. The van der Waals surface area contributed by atoms with Gasteiger partial charge in [-0.15, -0.1) is 0 Å². The summed E-state index contributed by atoms with van der Waals surface area (Å²) in [5.74, 6) is -1.65. The van der Waals surface area contributed by atoms with Gasteiger partial charge in [0.2, 0.25) is 0 Å². The highest BCUT2D eigenvalue weighted by molar-refractivity contribution is 6.33. The molecule has 0 radical (unpaired) electrons. The molecule has 3 rings (SSSR count). The highest BCUT2D eigenvalue weighted by atomic mass is 35.5. The molecule has 0 saturated carbocycles. The quantitative estimate of drug-likeness (QED) is 0.862. The Balaban J connectivity index is 1.88. The molecule has 0 aliphatic heterocycles. The third kappa shape index (κ3) is 2.99. The molecule has 2 aromatic carbocycles. The highest BCUT2D eigenvalue weighted by Gasteiger charge is 2.28. The third-order valence-corrected chi connectivity index (χ3v) is 4.47. The lowest BCUT2D eigenvalue weighted by Gasteiger charge is -2.15. The molecule has 0 unspecified atom stereocenters. The van der Waals surface area contributed by atoms with Crippen LogP contribution in [0.15, 0.2) is 36.4 Å². The van der Waals surface area contributed by atoms with Crippen molar-refractivity contribution in [2.75, 3.05) is 7.11 Å². The number of fused-ring (bicyclic) bond motifs is 1. The van der Waals surface area contributed by atoms with Gasteiger partial charge in [0.1, 0.15) is 5.82 Å². The lowest BCUT2D eigenvalue weighted by Crippen LogP contribution is -2.27. The van der Waals surface area contributed by atoms with Gasteiger partial charge in [0.15, 0.2) is 0 Å². The van der Waals surface area contributed by atoms with Gasteiger partial charge in [0.05, 0.1) is 29.3 Å². The first-order valence-electron chi connectivity index (χ1n) is 7.47. The number of carbonyl (C=O) groups excluding carboxylic acids is 2. The SMILES string of the molecule is COC(=O)c1cc2c(cc1F)CC[C@H]2NC(=O)c1ccccc1Cl. The van der Waals surface area contributed by atoms with Crippen LogP contribution in [0.25, 0.3) is 0 Å². The maximum absolute atomic E-state index is 14.0. The summed E-state index contributed by atoms with van der Waals surface area (Å²) in [7, 11) is 1.20. The normalized spacial score (nSPS) is 15.7. The van der Waals surface area contributed by atoms with E-state index in [1.165, 1.54) is 19.2 Å². The maximum atomic E-state index is 14.0. The molecule has 0 bridgehead atoms. The molecular weight excluding hydrogens is 333 g/mol. The van der Waals surface area contributed by atoms with Crippen LogP contribution in [0.3, 0.4) is 0 Å². The molecule has 1 aliphatic rings. The Morgan fingerprint density at radius 2 is 2.00 bits per heavy atom. The predicted molar refractivity (Wildman–Crippen MR) is 87.7 cm³/mol. The molecular formula is C18H15ClFNO3. The van der Waals surface area contributed by atoms with E-state index in [1.54, 1.807) is 24.3 Å². The summed E-state index contributed by atoms with van der Waals surface area (Å²) in [5, 5.41) is 3.26. The smallest absolute Gasteiger partial charge is 0.340 e. The van der Waals surface area contributed by atoms with Crippen LogP contribution in [0.4, 0.5) is 4.39 Å². The molecule has 124 valence electrons. The van der Waals surface area contributed by atoms with E-state index in [-0.39, 0.29) is 17.5 Å². The molecule has 1 amide bonds. The van der Waals surface area contributed by atoms with Gasteiger partial charge in [-0.1, -0.05) is 23.7 Å². The first-order chi connectivity index (χ1) is 11.5. The van der Waals surface area contributed by atoms with Crippen LogP contribution >= 0.6 is 11.6 Å². The summed E-state index contributed by atoms with van der Waals surface area (Å²) in [6.07, 6.45) is 1.26. The minimum Gasteiger partial charge on any atom is -0.465 e. The van der Waals surface area contributed by atoms with E-state index >= 15 is 0 Å². The van der Waals surface area contributed by atoms with Gasteiger partial charge < -0.3 is 10.1 Å². The lowest BCUT2D eigenvalue weighted by molar-refractivity contribution is 0.0595. The molecule has 0 aromatic heterocycles. The number of amides is 1. The number of hydrogen-bond acceptors (Lipinski definition) is 3. The fourth-order valence-electron chi connectivity index (χ4n) is 2.93. The van der Waals surface area contributed by atoms with Gasteiger partial charge in [-0.3, -0.25) is 4.79 Å². The average Bonchev–Trinajstić information content (AvgIpc) is 2.95. The van der Waals surface area contributed by atoms with Gasteiger partial charge in [0.25, 0.3) is 5.91 Å². The van der Waals surface area contributed by atoms with Crippen molar-refractivity contribution in [3.05, 3.63) is 69.5 Å². The van der Waals surface area contributed by atoms with Crippen LogP contribution in [-0.2, 0) is 11.2 Å². The molecule has 24 heavy (non-hydrogen) atoms. The minimum absolute atomic E-state index is 0.129. The number of carbonyl (C=O) groups is 2. The summed E-state index contributed by atoms with van der Waals surface area (Å²) in [5.41, 5.74) is 1.76. The van der Waals surface area contributed by atoms with Gasteiger partial charge >= 0.3 is 5.97 Å². The molecule has 1 atom stereocenters. The van der Waals surface area contributed by atoms with E-state index in [9.17, 15) is 14.0 Å². The van der Waals surface area contributed by atoms with Crippen molar-refractivity contribution in [1.82, 2.24) is 5.32 Å². The van der Waals surface area contributed by atoms with E-state index in [2.05, 4.69) is 10.1 Å². The number of hydrogen-bond donors (Lipinski definition) is 1. The van der Waals surface area contributed by atoms with E-state index in [4.69, 9.17) is 11.6 Å². The van der Waals surface area contributed by atoms with Crippen molar-refractivity contribution >= 4 is 23.5 Å². The number of aryl methyl sites for hydroxylation is 1. The van der Waals surface area contributed by atoms with Crippen molar-refractivity contribution in [3.63, 3.8) is 0 Å². The highest BCUT2D eigenvalue weighted by Crippen LogP contribution is 2.33. The lowest BCUT2D eigenvalue weighted by atomic mass is 10.0. The summed E-state index contributed by atoms with van der Waals surface area (Å²) in [6.45, 7) is 0. The molecule has 0 spiro atoms. The number of methoxy groups -OCH3 is 1. The van der Waals surface area contributed by atoms with Crippen molar-refractivity contribution in [2.45, 2.75) is 18.9 Å². The Labute approximate surface area is 143 Å². The number of rotatable bonds is 3. The van der Waals surface area contributed by atoms with Gasteiger partial charge in [-0.05, 0) is 48.2 Å². The summed E-state index contributed by atoms with van der Waals surface area (Å²) >= 11 is 6.04. The van der Waals surface area contributed by atoms with Gasteiger partial charge in [-0.25, -0.2) is 9.18 Å². The average molecular weight is 348 g/mol. The number of nitrogens with one attached hydrogen (secondary N) is 1. The van der Waals surface area contributed by atoms with Crippen LogP contribution < -0.4 is 5.32 Å². The zero-order valence-electron chi connectivity index (χ0n) is 12.9. The van der Waals surface area contributed by atoms with Crippen LogP contribution in [-0.4, -0.2) is 19.0 Å². The van der Waals surface area contributed by atoms with Crippen LogP contribution in [0.2, 0.25) is 5.02 Å². The zero-order chi connectivity index (χ0) is 17.3. The van der Waals surface area contributed by atoms with Crippen molar-refractivity contribution in [1.29, 1.82) is 0 Å². The molecule has 4 nitrogen and oxygen atoms in total. The predicted octanol–water partition coefficient (Wildman–Crippen LogP) is 3.68. The van der Waals surface area contributed by atoms with Crippen molar-refractivity contribution < 1.29 is 18.7 Å². The third-order valence-electron chi connectivity index (χ3n) is 4.14. The van der Waals surface area contributed by atoms with Crippen molar-refractivity contribution in [2.24, 2.45) is 0 Å². The zero-order valence-corrected chi connectivity index (χ0v) is 13.7. The molecule has 0 fully saturated rings. The Hall–Kier alpha value is -2.40. The number of benzene rings is 2. The number of ether oxygens (including phenoxy) is 1. The Bertz CT molecular complexity index is 822. The largest absolute Gasteiger partial charge is 0.465 e. The van der Waals surface area contributed by atoms with E-state index < -0.39 is 11.8 Å². The van der Waals surface area contributed by atoms with Crippen LogP contribution in [0, 0.1) is 5.82 Å². The van der Waals surface area contributed by atoms with Crippen molar-refractivity contribution in [3.8, 4) is 0 Å². The molecule has 0 heterocycles. The first kappa shape index (κ1) is 16.5.